The van der Waals surface area contributed by atoms with Crippen LogP contribution in [0.25, 0.3) is 0 Å². The summed E-state index contributed by atoms with van der Waals surface area (Å²) in [4.78, 5) is 12.7. The molecule has 22 heavy (non-hydrogen) atoms. The summed E-state index contributed by atoms with van der Waals surface area (Å²) in [6.45, 7) is 2.06. The molecule has 0 spiro atoms. The molecule has 0 unspecified atom stereocenters. The average Bonchev–Trinajstić information content (AvgIpc) is 2.52. The molecule has 116 valence electrons. The molecule has 0 aromatic heterocycles. The minimum atomic E-state index is -0.181. The zero-order valence-electron chi connectivity index (χ0n) is 12.6. The first-order chi connectivity index (χ1) is 10.7. The zero-order valence-corrected chi connectivity index (χ0v) is 13.5. The van der Waals surface area contributed by atoms with Gasteiger partial charge in [0.25, 0.3) is 0 Å². The Kier molecular flexibility index (Phi) is 6.46. The normalized spacial score (nSPS) is 10.5. The van der Waals surface area contributed by atoms with E-state index in [4.69, 9.17) is 0 Å². The molecule has 0 aliphatic carbocycles. The monoisotopic (exact) mass is 317 g/mol. The standard InChI is InChI=1S/C18H20FNOS/c1-2-3-11-18(21)20-15-8-6-9-16(12-15)22-13-14-7-4-5-10-17(14)19/h4-10,12H,2-3,11,13H2,1H3,(H,20,21). The lowest BCUT2D eigenvalue weighted by Gasteiger charge is -2.07. The smallest absolute Gasteiger partial charge is 0.224 e. The van der Waals surface area contributed by atoms with Crippen LogP contribution in [0.3, 0.4) is 0 Å². The van der Waals surface area contributed by atoms with Gasteiger partial charge in [0, 0.05) is 22.8 Å². The molecule has 2 aromatic carbocycles. The summed E-state index contributed by atoms with van der Waals surface area (Å²) in [6, 6.07) is 14.5. The number of amides is 1. The van der Waals surface area contributed by atoms with E-state index in [0.29, 0.717) is 17.7 Å². The number of nitrogens with one attached hydrogen (secondary N) is 1. The number of hydrogen-bond acceptors (Lipinski definition) is 2. The van der Waals surface area contributed by atoms with Gasteiger partial charge in [0.1, 0.15) is 5.82 Å². The van der Waals surface area contributed by atoms with Crippen molar-refractivity contribution in [3.05, 3.63) is 59.9 Å². The van der Waals surface area contributed by atoms with Crippen molar-refractivity contribution in [3.63, 3.8) is 0 Å². The third-order valence-corrected chi connectivity index (χ3v) is 4.27. The van der Waals surface area contributed by atoms with E-state index in [1.807, 2.05) is 30.3 Å². The molecule has 0 saturated carbocycles. The van der Waals surface area contributed by atoms with Crippen LogP contribution in [0.15, 0.2) is 53.4 Å². The number of thioether (sulfide) groups is 1. The number of carbonyl (C=O) groups excluding carboxylic acids is 1. The first kappa shape index (κ1) is 16.6. The van der Waals surface area contributed by atoms with Crippen LogP contribution in [-0.2, 0) is 10.5 Å². The highest BCUT2D eigenvalue weighted by Crippen LogP contribution is 2.26. The lowest BCUT2D eigenvalue weighted by molar-refractivity contribution is -0.116. The SMILES string of the molecule is CCCCC(=O)Nc1cccc(SCc2ccccc2F)c1. The van der Waals surface area contributed by atoms with Gasteiger partial charge in [0.05, 0.1) is 0 Å². The van der Waals surface area contributed by atoms with Crippen LogP contribution in [0.5, 0.6) is 0 Å². The molecular weight excluding hydrogens is 297 g/mol. The van der Waals surface area contributed by atoms with Gasteiger partial charge in [-0.2, -0.15) is 0 Å². The van der Waals surface area contributed by atoms with E-state index in [-0.39, 0.29) is 11.7 Å². The molecule has 0 saturated heterocycles. The summed E-state index contributed by atoms with van der Waals surface area (Å²) >= 11 is 1.56. The number of carbonyl (C=O) groups is 1. The van der Waals surface area contributed by atoms with Crippen molar-refractivity contribution in [2.75, 3.05) is 5.32 Å². The molecule has 2 nitrogen and oxygen atoms in total. The summed E-state index contributed by atoms with van der Waals surface area (Å²) in [5.41, 5.74) is 1.48. The Hall–Kier alpha value is -1.81. The van der Waals surface area contributed by atoms with Gasteiger partial charge in [0.2, 0.25) is 5.91 Å². The Bertz CT molecular complexity index is 630. The van der Waals surface area contributed by atoms with Crippen molar-refractivity contribution in [2.24, 2.45) is 0 Å². The lowest BCUT2D eigenvalue weighted by atomic mass is 10.2. The molecule has 0 radical (unpaired) electrons. The summed E-state index contributed by atoms with van der Waals surface area (Å²) in [5.74, 6) is 0.428. The minimum Gasteiger partial charge on any atom is -0.326 e. The van der Waals surface area contributed by atoms with Gasteiger partial charge in [0.15, 0.2) is 0 Å². The van der Waals surface area contributed by atoms with Crippen molar-refractivity contribution < 1.29 is 9.18 Å². The fraction of sp³-hybridized carbons (Fsp3) is 0.278. The molecular formula is C18H20FNOS. The zero-order chi connectivity index (χ0) is 15.8. The van der Waals surface area contributed by atoms with Crippen LogP contribution < -0.4 is 5.32 Å². The fourth-order valence-electron chi connectivity index (χ4n) is 2.00. The highest BCUT2D eigenvalue weighted by molar-refractivity contribution is 7.98. The third-order valence-electron chi connectivity index (χ3n) is 3.23. The molecule has 0 bridgehead atoms. The first-order valence-electron chi connectivity index (χ1n) is 7.45. The van der Waals surface area contributed by atoms with E-state index >= 15 is 0 Å². The second kappa shape index (κ2) is 8.59. The van der Waals surface area contributed by atoms with Crippen molar-refractivity contribution in [2.45, 2.75) is 36.8 Å². The molecule has 1 N–H and O–H groups in total. The molecule has 0 fully saturated rings. The predicted octanol–water partition coefficient (Wildman–Crippen LogP) is 5.25. The molecule has 0 heterocycles. The summed E-state index contributed by atoms with van der Waals surface area (Å²) in [6.07, 6.45) is 2.45. The van der Waals surface area contributed by atoms with Crippen LogP contribution in [0.4, 0.5) is 10.1 Å². The average molecular weight is 317 g/mol. The van der Waals surface area contributed by atoms with Crippen LogP contribution in [0.2, 0.25) is 0 Å². The Morgan fingerprint density at radius 3 is 2.77 bits per heavy atom. The summed E-state index contributed by atoms with van der Waals surface area (Å²) in [7, 11) is 0. The van der Waals surface area contributed by atoms with Crippen LogP contribution in [-0.4, -0.2) is 5.91 Å². The summed E-state index contributed by atoms with van der Waals surface area (Å²) < 4.78 is 13.6. The topological polar surface area (TPSA) is 29.1 Å². The number of benzene rings is 2. The predicted molar refractivity (Wildman–Crippen MR) is 90.6 cm³/mol. The number of halogens is 1. The third kappa shape index (κ3) is 5.19. The molecule has 1 amide bonds. The number of unbranched alkanes of at least 4 members (excludes halogenated alkanes) is 1. The van der Waals surface area contributed by atoms with Gasteiger partial charge in [-0.25, -0.2) is 4.39 Å². The highest BCUT2D eigenvalue weighted by Gasteiger charge is 2.04. The molecule has 4 heteroatoms. The largest absolute Gasteiger partial charge is 0.326 e. The quantitative estimate of drug-likeness (QED) is 0.707. The number of anilines is 1. The van der Waals surface area contributed by atoms with Gasteiger partial charge in [-0.05, 0) is 36.2 Å². The van der Waals surface area contributed by atoms with Crippen molar-refractivity contribution in [1.82, 2.24) is 0 Å². The van der Waals surface area contributed by atoms with E-state index in [9.17, 15) is 9.18 Å². The Balaban J connectivity index is 1.94. The maximum atomic E-state index is 13.6. The maximum Gasteiger partial charge on any atom is 0.224 e. The van der Waals surface area contributed by atoms with E-state index < -0.39 is 0 Å². The summed E-state index contributed by atoms with van der Waals surface area (Å²) in [5, 5.41) is 2.90. The minimum absolute atomic E-state index is 0.0399. The van der Waals surface area contributed by atoms with E-state index in [1.165, 1.54) is 6.07 Å². The van der Waals surface area contributed by atoms with Crippen LogP contribution in [0.1, 0.15) is 31.7 Å². The first-order valence-corrected chi connectivity index (χ1v) is 8.43. The Labute approximate surface area is 135 Å². The van der Waals surface area contributed by atoms with Gasteiger partial charge in [-0.15, -0.1) is 11.8 Å². The fourth-order valence-corrected chi connectivity index (χ4v) is 2.94. The molecule has 2 rings (SSSR count). The van der Waals surface area contributed by atoms with Crippen molar-refractivity contribution in [3.8, 4) is 0 Å². The molecule has 0 aliphatic rings. The van der Waals surface area contributed by atoms with E-state index in [0.717, 1.165) is 23.4 Å². The van der Waals surface area contributed by atoms with Crippen LogP contribution in [0, 0.1) is 5.82 Å². The van der Waals surface area contributed by atoms with Gasteiger partial charge in [-0.1, -0.05) is 37.6 Å². The Morgan fingerprint density at radius 1 is 1.18 bits per heavy atom. The van der Waals surface area contributed by atoms with Gasteiger partial charge in [-0.3, -0.25) is 4.79 Å². The molecule has 2 aromatic rings. The van der Waals surface area contributed by atoms with E-state index in [1.54, 1.807) is 23.9 Å². The second-order valence-electron chi connectivity index (χ2n) is 5.06. The van der Waals surface area contributed by atoms with Gasteiger partial charge >= 0.3 is 0 Å². The Morgan fingerprint density at radius 2 is 2.00 bits per heavy atom. The van der Waals surface area contributed by atoms with Crippen molar-refractivity contribution >= 4 is 23.4 Å². The highest BCUT2D eigenvalue weighted by atomic mass is 32.2. The van der Waals surface area contributed by atoms with Crippen molar-refractivity contribution in [1.29, 1.82) is 0 Å². The van der Waals surface area contributed by atoms with E-state index in [2.05, 4.69) is 12.2 Å². The second-order valence-corrected chi connectivity index (χ2v) is 6.11. The molecule has 0 aliphatic heterocycles. The molecule has 0 atom stereocenters. The number of rotatable bonds is 7. The van der Waals surface area contributed by atoms with Gasteiger partial charge < -0.3 is 5.32 Å². The lowest BCUT2D eigenvalue weighted by Crippen LogP contribution is -2.10. The van der Waals surface area contributed by atoms with Crippen LogP contribution >= 0.6 is 11.8 Å². The number of hydrogen-bond donors (Lipinski definition) is 1. The maximum absolute atomic E-state index is 13.6.